The van der Waals surface area contributed by atoms with Gasteiger partial charge in [0.1, 0.15) is 18.2 Å². The highest BCUT2D eigenvalue weighted by atomic mass is 79.9. The molecule has 0 amide bonds. The molecule has 0 spiro atoms. The van der Waals surface area contributed by atoms with E-state index < -0.39 is 0 Å². The van der Waals surface area contributed by atoms with Crippen LogP contribution in [0.4, 0.5) is 4.39 Å². The molecule has 0 fully saturated rings. The molecule has 0 aromatic heterocycles. The van der Waals surface area contributed by atoms with Crippen LogP contribution in [0, 0.1) is 5.82 Å². The fourth-order valence-electron chi connectivity index (χ4n) is 1.31. The molecular weight excluding hydrogens is 271 g/mol. The predicted molar refractivity (Wildman–Crippen MR) is 64.9 cm³/mol. The van der Waals surface area contributed by atoms with Gasteiger partial charge in [-0.3, -0.25) is 0 Å². The van der Waals surface area contributed by atoms with E-state index >= 15 is 0 Å². The van der Waals surface area contributed by atoms with Crippen LogP contribution < -0.4 is 4.74 Å². The lowest BCUT2D eigenvalue weighted by molar-refractivity contribution is 0.305. The zero-order valence-corrected chi connectivity index (χ0v) is 10.1. The minimum Gasteiger partial charge on any atom is -0.489 e. The molecule has 82 valence electrons. The van der Waals surface area contributed by atoms with Crippen molar-refractivity contribution in [1.82, 2.24) is 0 Å². The van der Waals surface area contributed by atoms with E-state index in [0.29, 0.717) is 16.8 Å². The second-order valence-electron chi connectivity index (χ2n) is 3.35. The standard InChI is InChI=1S/C13H10BrFO/c14-12-8-11(6-7-13(12)15)16-9-10-4-2-1-3-5-10/h1-8H,9H2. The molecule has 0 radical (unpaired) electrons. The molecule has 0 aliphatic heterocycles. The molecule has 0 atom stereocenters. The topological polar surface area (TPSA) is 9.23 Å². The maximum Gasteiger partial charge on any atom is 0.137 e. The van der Waals surface area contributed by atoms with E-state index in [-0.39, 0.29) is 5.82 Å². The number of ether oxygens (including phenoxy) is 1. The van der Waals surface area contributed by atoms with Gasteiger partial charge in [0.05, 0.1) is 4.47 Å². The van der Waals surface area contributed by atoms with Gasteiger partial charge in [0.25, 0.3) is 0 Å². The Kier molecular flexibility index (Phi) is 3.57. The van der Waals surface area contributed by atoms with Gasteiger partial charge in [-0.25, -0.2) is 4.39 Å². The highest BCUT2D eigenvalue weighted by Gasteiger charge is 2.01. The minimum absolute atomic E-state index is 0.285. The first-order valence-electron chi connectivity index (χ1n) is 4.87. The fourth-order valence-corrected chi connectivity index (χ4v) is 1.67. The van der Waals surface area contributed by atoms with Crippen molar-refractivity contribution in [3.63, 3.8) is 0 Å². The Hall–Kier alpha value is -1.35. The highest BCUT2D eigenvalue weighted by Crippen LogP contribution is 2.22. The van der Waals surface area contributed by atoms with Crippen molar-refractivity contribution in [3.8, 4) is 5.75 Å². The van der Waals surface area contributed by atoms with E-state index in [0.717, 1.165) is 5.56 Å². The molecule has 0 bridgehead atoms. The lowest BCUT2D eigenvalue weighted by Gasteiger charge is -2.06. The van der Waals surface area contributed by atoms with Crippen molar-refractivity contribution in [1.29, 1.82) is 0 Å². The molecule has 0 N–H and O–H groups in total. The van der Waals surface area contributed by atoms with Crippen LogP contribution in [0.3, 0.4) is 0 Å². The van der Waals surface area contributed by atoms with Crippen LogP contribution in [0.15, 0.2) is 53.0 Å². The normalized spacial score (nSPS) is 10.1. The third kappa shape index (κ3) is 2.83. The Bertz CT molecular complexity index is 471. The first-order valence-corrected chi connectivity index (χ1v) is 5.67. The van der Waals surface area contributed by atoms with E-state index in [1.54, 1.807) is 12.1 Å². The van der Waals surface area contributed by atoms with Crippen LogP contribution in [-0.2, 0) is 6.61 Å². The monoisotopic (exact) mass is 280 g/mol. The van der Waals surface area contributed by atoms with Crippen LogP contribution in [0.2, 0.25) is 0 Å². The highest BCUT2D eigenvalue weighted by molar-refractivity contribution is 9.10. The van der Waals surface area contributed by atoms with Crippen molar-refractivity contribution >= 4 is 15.9 Å². The van der Waals surface area contributed by atoms with Crippen molar-refractivity contribution < 1.29 is 9.13 Å². The lowest BCUT2D eigenvalue weighted by Crippen LogP contribution is -1.95. The predicted octanol–water partition coefficient (Wildman–Crippen LogP) is 4.17. The zero-order chi connectivity index (χ0) is 11.4. The fraction of sp³-hybridized carbons (Fsp3) is 0.0769. The number of halogens is 2. The molecule has 1 nitrogen and oxygen atoms in total. The second kappa shape index (κ2) is 5.12. The van der Waals surface area contributed by atoms with Gasteiger partial charge < -0.3 is 4.74 Å². The third-order valence-corrected chi connectivity index (χ3v) is 2.75. The van der Waals surface area contributed by atoms with Crippen LogP contribution in [-0.4, -0.2) is 0 Å². The molecular formula is C13H10BrFO. The molecule has 0 unspecified atom stereocenters. The Balaban J connectivity index is 2.03. The maximum absolute atomic E-state index is 13.0. The van der Waals surface area contributed by atoms with Gasteiger partial charge in [0.15, 0.2) is 0 Å². The van der Waals surface area contributed by atoms with Crippen molar-refractivity contribution in [2.45, 2.75) is 6.61 Å². The van der Waals surface area contributed by atoms with E-state index in [1.165, 1.54) is 6.07 Å². The summed E-state index contributed by atoms with van der Waals surface area (Å²) in [5.74, 6) is 0.365. The van der Waals surface area contributed by atoms with Crippen LogP contribution in [0.1, 0.15) is 5.56 Å². The summed E-state index contributed by atoms with van der Waals surface area (Å²) in [5.41, 5.74) is 1.09. The Morgan fingerprint density at radius 3 is 2.50 bits per heavy atom. The molecule has 2 aromatic rings. The molecule has 2 aromatic carbocycles. The van der Waals surface area contributed by atoms with Gasteiger partial charge in [-0.2, -0.15) is 0 Å². The SMILES string of the molecule is Fc1ccc(OCc2ccccc2)cc1Br. The first-order chi connectivity index (χ1) is 7.75. The van der Waals surface area contributed by atoms with E-state index in [4.69, 9.17) is 4.74 Å². The van der Waals surface area contributed by atoms with Crippen LogP contribution >= 0.6 is 15.9 Å². The summed E-state index contributed by atoms with van der Waals surface area (Å²) in [4.78, 5) is 0. The number of benzene rings is 2. The Morgan fingerprint density at radius 2 is 1.81 bits per heavy atom. The van der Waals surface area contributed by atoms with E-state index in [2.05, 4.69) is 15.9 Å². The number of hydrogen-bond acceptors (Lipinski definition) is 1. The average molecular weight is 281 g/mol. The van der Waals surface area contributed by atoms with Crippen LogP contribution in [0.25, 0.3) is 0 Å². The number of rotatable bonds is 3. The molecule has 0 saturated heterocycles. The van der Waals surface area contributed by atoms with Gasteiger partial charge in [-0.1, -0.05) is 30.3 Å². The quantitative estimate of drug-likeness (QED) is 0.820. The summed E-state index contributed by atoms with van der Waals surface area (Å²) >= 11 is 3.12. The summed E-state index contributed by atoms with van der Waals surface area (Å²) in [5, 5.41) is 0. The maximum atomic E-state index is 13.0. The van der Waals surface area contributed by atoms with Crippen molar-refractivity contribution in [3.05, 3.63) is 64.4 Å². The molecule has 0 heterocycles. The van der Waals surface area contributed by atoms with Gasteiger partial charge in [-0.05, 0) is 39.7 Å². The molecule has 0 aliphatic carbocycles. The summed E-state index contributed by atoms with van der Waals surface area (Å²) in [6, 6.07) is 14.5. The third-order valence-electron chi connectivity index (χ3n) is 2.14. The smallest absolute Gasteiger partial charge is 0.137 e. The van der Waals surface area contributed by atoms with Crippen molar-refractivity contribution in [2.24, 2.45) is 0 Å². The van der Waals surface area contributed by atoms with Gasteiger partial charge in [-0.15, -0.1) is 0 Å². The lowest BCUT2D eigenvalue weighted by atomic mass is 10.2. The molecule has 0 aliphatic rings. The first kappa shape index (κ1) is 11.1. The average Bonchev–Trinajstić information content (AvgIpc) is 2.32. The number of hydrogen-bond donors (Lipinski definition) is 0. The molecule has 3 heteroatoms. The van der Waals surface area contributed by atoms with Gasteiger partial charge >= 0.3 is 0 Å². The molecule has 0 saturated carbocycles. The second-order valence-corrected chi connectivity index (χ2v) is 4.20. The molecule has 2 rings (SSSR count). The molecule has 16 heavy (non-hydrogen) atoms. The van der Waals surface area contributed by atoms with Gasteiger partial charge in [0, 0.05) is 0 Å². The summed E-state index contributed by atoms with van der Waals surface area (Å²) in [6.07, 6.45) is 0. The van der Waals surface area contributed by atoms with Crippen LogP contribution in [0.5, 0.6) is 5.75 Å². The summed E-state index contributed by atoms with van der Waals surface area (Å²) < 4.78 is 18.9. The van der Waals surface area contributed by atoms with E-state index in [9.17, 15) is 4.39 Å². The van der Waals surface area contributed by atoms with Crippen molar-refractivity contribution in [2.75, 3.05) is 0 Å². The Morgan fingerprint density at radius 1 is 1.06 bits per heavy atom. The van der Waals surface area contributed by atoms with E-state index in [1.807, 2.05) is 30.3 Å². The summed E-state index contributed by atoms with van der Waals surface area (Å²) in [7, 11) is 0. The minimum atomic E-state index is -0.285. The zero-order valence-electron chi connectivity index (χ0n) is 8.49. The van der Waals surface area contributed by atoms with Gasteiger partial charge in [0.2, 0.25) is 0 Å². The Labute approximate surface area is 102 Å². The largest absolute Gasteiger partial charge is 0.489 e. The summed E-state index contributed by atoms with van der Waals surface area (Å²) in [6.45, 7) is 0.485.